The lowest BCUT2D eigenvalue weighted by Gasteiger charge is -2.10. The number of rotatable bonds is 5. The highest BCUT2D eigenvalue weighted by atomic mass is 19.1. The molecule has 2 aromatic heterocycles. The van der Waals surface area contributed by atoms with Gasteiger partial charge in [0.2, 0.25) is 0 Å². The third-order valence-corrected chi connectivity index (χ3v) is 5.95. The Morgan fingerprint density at radius 1 is 0.970 bits per heavy atom. The summed E-state index contributed by atoms with van der Waals surface area (Å²) in [6.45, 7) is 4.62. The van der Waals surface area contributed by atoms with Crippen LogP contribution >= 0.6 is 0 Å². The number of nitrogens with one attached hydrogen (secondary N) is 2. The van der Waals surface area contributed by atoms with E-state index in [1.54, 1.807) is 12.1 Å². The Morgan fingerprint density at radius 3 is 2.42 bits per heavy atom. The Balaban J connectivity index is 1.58. The molecule has 5 aromatic rings. The average molecular weight is 438 g/mol. The van der Waals surface area contributed by atoms with Crippen LogP contribution in [-0.4, -0.2) is 15.9 Å². The van der Waals surface area contributed by atoms with Crippen LogP contribution in [0.15, 0.2) is 78.9 Å². The zero-order valence-corrected chi connectivity index (χ0v) is 18.5. The van der Waals surface area contributed by atoms with Gasteiger partial charge in [-0.15, -0.1) is 0 Å². The maximum Gasteiger partial charge on any atom is 0.270 e. The third kappa shape index (κ3) is 4.10. The van der Waals surface area contributed by atoms with Gasteiger partial charge in [0.1, 0.15) is 11.5 Å². The second kappa shape index (κ2) is 8.51. The van der Waals surface area contributed by atoms with Crippen molar-refractivity contribution < 1.29 is 9.18 Å². The molecule has 5 heteroatoms. The maximum atomic E-state index is 13.2. The van der Waals surface area contributed by atoms with Crippen molar-refractivity contribution in [2.24, 2.45) is 0 Å². The van der Waals surface area contributed by atoms with Gasteiger partial charge in [-0.25, -0.2) is 9.37 Å². The molecule has 0 fully saturated rings. The quantitative estimate of drug-likeness (QED) is 0.326. The summed E-state index contributed by atoms with van der Waals surface area (Å²) in [5.74, 6) is -0.139. The average Bonchev–Trinajstić information content (AvgIpc) is 3.21. The van der Waals surface area contributed by atoms with Crippen LogP contribution in [0.25, 0.3) is 33.1 Å². The van der Waals surface area contributed by atoms with E-state index < -0.39 is 0 Å². The van der Waals surface area contributed by atoms with Crippen molar-refractivity contribution in [2.45, 2.75) is 26.3 Å². The number of halogens is 1. The van der Waals surface area contributed by atoms with Crippen molar-refractivity contribution in [3.63, 3.8) is 0 Å². The number of carbonyl (C=O) groups is 1. The number of nitrogens with zero attached hydrogens (tertiary/aromatic N) is 1. The van der Waals surface area contributed by atoms with Crippen molar-refractivity contribution in [1.29, 1.82) is 0 Å². The summed E-state index contributed by atoms with van der Waals surface area (Å²) in [6, 6.07) is 24.3. The van der Waals surface area contributed by atoms with Gasteiger partial charge in [-0.2, -0.15) is 0 Å². The summed E-state index contributed by atoms with van der Waals surface area (Å²) in [5, 5.41) is 4.91. The Labute approximate surface area is 191 Å². The third-order valence-electron chi connectivity index (χ3n) is 5.95. The molecule has 0 saturated carbocycles. The fourth-order valence-electron chi connectivity index (χ4n) is 4.07. The first kappa shape index (κ1) is 20.9. The SMILES string of the molecule is CC(C)c1ccc(-c2nc(C(=O)NCc3ccc(F)cc3)cc3c2[nH]c2ccccc23)cc1. The van der Waals surface area contributed by atoms with Crippen LogP contribution in [0.4, 0.5) is 4.39 Å². The number of hydrogen-bond acceptors (Lipinski definition) is 2. The zero-order valence-electron chi connectivity index (χ0n) is 18.5. The van der Waals surface area contributed by atoms with Crippen LogP contribution in [0.5, 0.6) is 0 Å². The van der Waals surface area contributed by atoms with Crippen LogP contribution in [0.2, 0.25) is 0 Å². The number of para-hydroxylation sites is 1. The van der Waals surface area contributed by atoms with Crippen molar-refractivity contribution >= 4 is 27.7 Å². The van der Waals surface area contributed by atoms with Crippen molar-refractivity contribution in [3.05, 3.63) is 102 Å². The van der Waals surface area contributed by atoms with Gasteiger partial charge >= 0.3 is 0 Å². The lowest BCUT2D eigenvalue weighted by molar-refractivity contribution is 0.0946. The van der Waals surface area contributed by atoms with Crippen molar-refractivity contribution in [3.8, 4) is 11.3 Å². The van der Waals surface area contributed by atoms with Crippen molar-refractivity contribution in [1.82, 2.24) is 15.3 Å². The number of carbonyl (C=O) groups excluding carboxylic acids is 1. The summed E-state index contributed by atoms with van der Waals surface area (Å²) < 4.78 is 13.2. The number of aromatic amines is 1. The fourth-order valence-corrected chi connectivity index (χ4v) is 4.07. The molecular weight excluding hydrogens is 413 g/mol. The van der Waals surface area contributed by atoms with E-state index in [-0.39, 0.29) is 11.7 Å². The Hall–Kier alpha value is -3.99. The van der Waals surface area contributed by atoms with E-state index in [1.807, 2.05) is 30.3 Å². The Bertz CT molecular complexity index is 1450. The summed E-state index contributed by atoms with van der Waals surface area (Å²) in [5.41, 5.74) is 6.01. The predicted molar refractivity (Wildman–Crippen MR) is 131 cm³/mol. The first-order valence-electron chi connectivity index (χ1n) is 11.0. The number of pyridine rings is 1. The monoisotopic (exact) mass is 437 g/mol. The molecule has 0 atom stereocenters. The fraction of sp³-hybridized carbons (Fsp3) is 0.143. The van der Waals surface area contributed by atoms with Gasteiger partial charge in [-0.05, 0) is 41.3 Å². The van der Waals surface area contributed by atoms with E-state index >= 15 is 0 Å². The standard InChI is InChI=1S/C28H24FN3O/c1-17(2)19-9-11-20(12-10-19)26-27-23(22-5-3-4-6-24(22)31-27)15-25(32-26)28(33)30-16-18-7-13-21(29)14-8-18/h3-15,17,31H,16H2,1-2H3,(H,30,33). The van der Waals surface area contributed by atoms with Crippen LogP contribution in [0, 0.1) is 5.82 Å². The van der Waals surface area contributed by atoms with E-state index in [4.69, 9.17) is 4.98 Å². The van der Waals surface area contributed by atoms with Crippen LogP contribution in [-0.2, 0) is 6.54 Å². The summed E-state index contributed by atoms with van der Waals surface area (Å²) in [7, 11) is 0. The number of hydrogen-bond donors (Lipinski definition) is 2. The highest BCUT2D eigenvalue weighted by Gasteiger charge is 2.17. The van der Waals surface area contributed by atoms with E-state index in [0.29, 0.717) is 18.2 Å². The molecule has 0 aliphatic carbocycles. The first-order valence-corrected chi connectivity index (χ1v) is 11.0. The van der Waals surface area contributed by atoms with Gasteiger partial charge in [0.15, 0.2) is 0 Å². The highest BCUT2D eigenvalue weighted by molar-refractivity contribution is 6.13. The molecule has 0 aliphatic heterocycles. The summed E-state index contributed by atoms with van der Waals surface area (Å²) in [6.07, 6.45) is 0. The Morgan fingerprint density at radius 2 is 1.70 bits per heavy atom. The molecule has 3 aromatic carbocycles. The second-order valence-corrected chi connectivity index (χ2v) is 8.54. The molecule has 4 nitrogen and oxygen atoms in total. The second-order valence-electron chi connectivity index (χ2n) is 8.54. The van der Waals surface area contributed by atoms with Gasteiger partial charge in [-0.1, -0.05) is 68.4 Å². The zero-order chi connectivity index (χ0) is 22.9. The summed E-state index contributed by atoms with van der Waals surface area (Å²) >= 11 is 0. The molecule has 164 valence electrons. The summed E-state index contributed by atoms with van der Waals surface area (Å²) in [4.78, 5) is 21.3. The largest absolute Gasteiger partial charge is 0.353 e. The van der Waals surface area contributed by atoms with Gasteiger partial charge < -0.3 is 10.3 Å². The van der Waals surface area contributed by atoms with Gasteiger partial charge in [0.05, 0.1) is 11.2 Å². The van der Waals surface area contributed by atoms with E-state index in [1.165, 1.54) is 17.7 Å². The van der Waals surface area contributed by atoms with Gasteiger partial charge in [-0.3, -0.25) is 4.79 Å². The van der Waals surface area contributed by atoms with Gasteiger partial charge in [0.25, 0.3) is 5.91 Å². The minimum Gasteiger partial charge on any atom is -0.353 e. The molecule has 0 spiro atoms. The number of benzene rings is 3. The number of fused-ring (bicyclic) bond motifs is 3. The predicted octanol–water partition coefficient (Wildman–Crippen LogP) is 6.58. The smallest absolute Gasteiger partial charge is 0.270 e. The number of H-pyrrole nitrogens is 1. The molecular formula is C28H24FN3O. The lowest BCUT2D eigenvalue weighted by atomic mass is 9.99. The van der Waals surface area contributed by atoms with Crippen LogP contribution in [0.3, 0.4) is 0 Å². The molecule has 2 N–H and O–H groups in total. The van der Waals surface area contributed by atoms with Crippen LogP contribution in [0.1, 0.15) is 41.4 Å². The lowest BCUT2D eigenvalue weighted by Crippen LogP contribution is -2.24. The van der Waals surface area contributed by atoms with E-state index in [2.05, 4.69) is 48.4 Å². The molecule has 0 aliphatic rings. The highest BCUT2D eigenvalue weighted by Crippen LogP contribution is 2.33. The molecule has 0 radical (unpaired) electrons. The first-order chi connectivity index (χ1) is 16.0. The Kier molecular flexibility index (Phi) is 5.38. The van der Waals surface area contributed by atoms with Crippen molar-refractivity contribution in [2.75, 3.05) is 0 Å². The maximum absolute atomic E-state index is 13.2. The van der Waals surface area contributed by atoms with E-state index in [0.717, 1.165) is 38.6 Å². The minimum atomic E-state index is -0.301. The normalized spacial score (nSPS) is 11.4. The van der Waals surface area contributed by atoms with Gasteiger partial charge in [0, 0.05) is 28.4 Å². The number of aromatic nitrogens is 2. The molecule has 5 rings (SSSR count). The molecule has 0 saturated heterocycles. The van der Waals surface area contributed by atoms with E-state index in [9.17, 15) is 9.18 Å². The molecule has 2 heterocycles. The minimum absolute atomic E-state index is 0.272. The molecule has 33 heavy (non-hydrogen) atoms. The molecule has 0 unspecified atom stereocenters. The molecule has 0 bridgehead atoms. The number of amides is 1. The van der Waals surface area contributed by atoms with Crippen LogP contribution < -0.4 is 5.32 Å². The topological polar surface area (TPSA) is 57.8 Å². The molecule has 1 amide bonds.